The molecule has 0 spiro atoms. The number of aromatic nitrogens is 1. The minimum Gasteiger partial charge on any atom is -0.361 e. The molecule has 0 aliphatic heterocycles. The Bertz CT molecular complexity index is 551. The van der Waals surface area contributed by atoms with Crippen LogP contribution in [0.15, 0.2) is 24.4 Å². The quantitative estimate of drug-likeness (QED) is 0.792. The number of fused-ring (bicyclic) bond motifs is 1. The van der Waals surface area contributed by atoms with Crippen molar-refractivity contribution in [1.29, 1.82) is 0 Å². The summed E-state index contributed by atoms with van der Waals surface area (Å²) < 4.78 is 13.4. The van der Waals surface area contributed by atoms with E-state index in [-0.39, 0.29) is 5.82 Å². The fourth-order valence-corrected chi connectivity index (χ4v) is 2.89. The second-order valence-corrected chi connectivity index (χ2v) is 5.96. The Hall–Kier alpha value is -1.31. The van der Waals surface area contributed by atoms with Gasteiger partial charge in [-0.25, -0.2) is 4.39 Å². The highest BCUT2D eigenvalue weighted by molar-refractivity contribution is 5.83. The van der Waals surface area contributed by atoms with E-state index < -0.39 is 0 Å². The van der Waals surface area contributed by atoms with E-state index in [0.29, 0.717) is 11.8 Å². The van der Waals surface area contributed by atoms with Crippen LogP contribution in [0.3, 0.4) is 0 Å². The molecule has 0 radical (unpaired) electrons. The van der Waals surface area contributed by atoms with E-state index in [1.165, 1.54) is 30.9 Å². The molecular weight excluding hydrogens is 225 g/mol. The van der Waals surface area contributed by atoms with Crippen LogP contribution >= 0.6 is 0 Å². The Kier molecular flexibility index (Phi) is 2.89. The highest BCUT2D eigenvalue weighted by Gasteiger charge is 2.29. The van der Waals surface area contributed by atoms with Gasteiger partial charge in [-0.3, -0.25) is 0 Å². The van der Waals surface area contributed by atoms with Crippen LogP contribution in [0.5, 0.6) is 0 Å². The summed E-state index contributed by atoms with van der Waals surface area (Å²) in [6.45, 7) is 4.54. The van der Waals surface area contributed by atoms with Crippen LogP contribution in [0.25, 0.3) is 10.9 Å². The molecule has 96 valence electrons. The molecule has 1 atom stereocenters. The Morgan fingerprint density at radius 2 is 2.11 bits per heavy atom. The molecule has 1 aliphatic rings. The van der Waals surface area contributed by atoms with E-state index in [0.717, 1.165) is 16.8 Å². The van der Waals surface area contributed by atoms with Crippen molar-refractivity contribution in [3.05, 3.63) is 35.8 Å². The van der Waals surface area contributed by atoms with Crippen LogP contribution in [-0.4, -0.2) is 4.98 Å². The van der Waals surface area contributed by atoms with Crippen molar-refractivity contribution in [3.63, 3.8) is 0 Å². The van der Waals surface area contributed by atoms with Gasteiger partial charge in [0.25, 0.3) is 0 Å². The molecule has 18 heavy (non-hydrogen) atoms. The summed E-state index contributed by atoms with van der Waals surface area (Å²) in [5, 5.41) is 1.06. The Morgan fingerprint density at radius 3 is 2.78 bits per heavy atom. The lowest BCUT2D eigenvalue weighted by Crippen LogP contribution is -2.07. The van der Waals surface area contributed by atoms with Gasteiger partial charge < -0.3 is 4.98 Å². The molecule has 1 saturated carbocycles. The van der Waals surface area contributed by atoms with Crippen LogP contribution in [0, 0.1) is 17.7 Å². The number of H-pyrrole nitrogens is 1. The molecule has 1 unspecified atom stereocenters. The summed E-state index contributed by atoms with van der Waals surface area (Å²) in [5.41, 5.74) is 2.35. The molecule has 1 aliphatic carbocycles. The van der Waals surface area contributed by atoms with Gasteiger partial charge in [0.15, 0.2) is 0 Å². The molecule has 1 aromatic heterocycles. The third kappa shape index (κ3) is 2.16. The summed E-state index contributed by atoms with van der Waals surface area (Å²) in [6.07, 6.45) is 6.08. The summed E-state index contributed by atoms with van der Waals surface area (Å²) in [4.78, 5) is 3.28. The maximum Gasteiger partial charge on any atom is 0.123 e. The van der Waals surface area contributed by atoms with Gasteiger partial charge in [0.1, 0.15) is 5.82 Å². The third-order valence-corrected chi connectivity index (χ3v) is 4.16. The maximum atomic E-state index is 13.4. The van der Waals surface area contributed by atoms with E-state index in [1.807, 2.05) is 6.07 Å². The van der Waals surface area contributed by atoms with Gasteiger partial charge in [0, 0.05) is 17.1 Å². The van der Waals surface area contributed by atoms with E-state index in [1.54, 1.807) is 6.07 Å². The van der Waals surface area contributed by atoms with Gasteiger partial charge >= 0.3 is 0 Å². The van der Waals surface area contributed by atoms with Crippen LogP contribution in [0.1, 0.15) is 44.6 Å². The lowest BCUT2D eigenvalue weighted by atomic mass is 9.84. The van der Waals surface area contributed by atoms with Crippen molar-refractivity contribution in [2.24, 2.45) is 11.8 Å². The first-order valence-electron chi connectivity index (χ1n) is 6.91. The predicted octanol–water partition coefficient (Wildman–Crippen LogP) is 4.85. The molecule has 0 saturated heterocycles. The van der Waals surface area contributed by atoms with Crippen molar-refractivity contribution in [2.75, 3.05) is 0 Å². The standard InChI is InChI=1S/C16H20FN/c1-10(2)13(7-11-3-4-11)15-9-18-16-6-5-12(17)8-14(15)16/h5-6,8-11,13,18H,3-4,7H2,1-2H3. The first-order valence-corrected chi connectivity index (χ1v) is 6.91. The molecule has 3 rings (SSSR count). The molecule has 1 aromatic carbocycles. The number of hydrogen-bond acceptors (Lipinski definition) is 0. The van der Waals surface area contributed by atoms with Crippen LogP contribution in [0.4, 0.5) is 4.39 Å². The van der Waals surface area contributed by atoms with Gasteiger partial charge in [-0.05, 0) is 47.9 Å². The van der Waals surface area contributed by atoms with E-state index >= 15 is 0 Å². The number of hydrogen-bond donors (Lipinski definition) is 1. The second kappa shape index (κ2) is 4.42. The highest BCUT2D eigenvalue weighted by Crippen LogP contribution is 2.43. The van der Waals surface area contributed by atoms with Crippen LogP contribution in [0.2, 0.25) is 0 Å². The Balaban J connectivity index is 2.01. The van der Waals surface area contributed by atoms with Gasteiger partial charge in [-0.2, -0.15) is 0 Å². The Labute approximate surface area is 107 Å². The summed E-state index contributed by atoms with van der Waals surface area (Å²) in [7, 11) is 0. The zero-order valence-electron chi connectivity index (χ0n) is 11.0. The molecule has 1 nitrogen and oxygen atoms in total. The van der Waals surface area contributed by atoms with E-state index in [2.05, 4.69) is 25.0 Å². The van der Waals surface area contributed by atoms with Crippen molar-refractivity contribution in [2.45, 2.75) is 39.0 Å². The van der Waals surface area contributed by atoms with Gasteiger partial charge in [-0.1, -0.05) is 26.7 Å². The first-order chi connectivity index (χ1) is 8.65. The zero-order valence-corrected chi connectivity index (χ0v) is 11.0. The fraction of sp³-hybridized carbons (Fsp3) is 0.500. The van der Waals surface area contributed by atoms with E-state index in [9.17, 15) is 4.39 Å². The van der Waals surface area contributed by atoms with Crippen molar-refractivity contribution < 1.29 is 4.39 Å². The smallest absolute Gasteiger partial charge is 0.123 e. The van der Waals surface area contributed by atoms with Crippen molar-refractivity contribution in [3.8, 4) is 0 Å². The molecule has 2 heteroatoms. The average molecular weight is 245 g/mol. The van der Waals surface area contributed by atoms with E-state index in [4.69, 9.17) is 0 Å². The Morgan fingerprint density at radius 1 is 1.33 bits per heavy atom. The number of benzene rings is 1. The largest absolute Gasteiger partial charge is 0.361 e. The van der Waals surface area contributed by atoms with Crippen molar-refractivity contribution >= 4 is 10.9 Å². The predicted molar refractivity (Wildman–Crippen MR) is 73.2 cm³/mol. The SMILES string of the molecule is CC(C)C(CC1CC1)c1c[nH]c2ccc(F)cc12. The number of rotatable bonds is 4. The molecule has 1 heterocycles. The molecule has 0 bridgehead atoms. The number of aromatic amines is 1. The first kappa shape index (κ1) is 11.8. The fourth-order valence-electron chi connectivity index (χ4n) is 2.89. The lowest BCUT2D eigenvalue weighted by molar-refractivity contribution is 0.448. The minimum atomic E-state index is -0.141. The second-order valence-electron chi connectivity index (χ2n) is 5.96. The zero-order chi connectivity index (χ0) is 12.7. The van der Waals surface area contributed by atoms with Gasteiger partial charge in [0.2, 0.25) is 0 Å². The monoisotopic (exact) mass is 245 g/mol. The van der Waals surface area contributed by atoms with Gasteiger partial charge in [-0.15, -0.1) is 0 Å². The maximum absolute atomic E-state index is 13.4. The molecular formula is C16H20FN. The lowest BCUT2D eigenvalue weighted by Gasteiger charge is -2.20. The normalized spacial score (nSPS) is 17.6. The number of nitrogens with one attached hydrogen (secondary N) is 1. The third-order valence-electron chi connectivity index (χ3n) is 4.16. The number of halogens is 1. The summed E-state index contributed by atoms with van der Waals surface area (Å²) in [5.74, 6) is 1.91. The average Bonchev–Trinajstić information content (AvgIpc) is 3.06. The molecule has 1 N–H and O–H groups in total. The summed E-state index contributed by atoms with van der Waals surface area (Å²) >= 11 is 0. The minimum absolute atomic E-state index is 0.141. The summed E-state index contributed by atoms with van der Waals surface area (Å²) in [6, 6.07) is 5.03. The topological polar surface area (TPSA) is 15.8 Å². The van der Waals surface area contributed by atoms with Crippen LogP contribution < -0.4 is 0 Å². The molecule has 0 amide bonds. The highest BCUT2D eigenvalue weighted by atomic mass is 19.1. The van der Waals surface area contributed by atoms with Gasteiger partial charge in [0.05, 0.1) is 0 Å². The molecule has 1 fully saturated rings. The van der Waals surface area contributed by atoms with Crippen molar-refractivity contribution in [1.82, 2.24) is 4.98 Å². The van der Waals surface area contributed by atoms with Crippen LogP contribution in [-0.2, 0) is 0 Å². The molecule has 2 aromatic rings.